The van der Waals surface area contributed by atoms with Crippen LogP contribution in [0.25, 0.3) is 0 Å². The number of ether oxygens (including phenoxy) is 1. The molecule has 0 aromatic rings. The number of hydrogen-bond acceptors (Lipinski definition) is 2. The van der Waals surface area contributed by atoms with E-state index in [2.05, 4.69) is 6.92 Å². The van der Waals surface area contributed by atoms with Gasteiger partial charge in [0.15, 0.2) is 0 Å². The molecule has 0 amide bonds. The smallest absolute Gasteiger partial charge is 0.309 e. The Morgan fingerprint density at radius 2 is 1.80 bits per heavy atom. The summed E-state index contributed by atoms with van der Waals surface area (Å²) in [7, 11) is 0. The average Bonchev–Trinajstić information content (AvgIpc) is 2.25. The van der Waals surface area contributed by atoms with Crippen molar-refractivity contribution in [3.63, 3.8) is 0 Å². The van der Waals surface area contributed by atoms with Crippen molar-refractivity contribution in [1.82, 2.24) is 0 Å². The molecule has 0 unspecified atom stereocenters. The standard InChI is InChI=1S/C13H24O2/c1-3-5-7-8-9-10-12-15-13(14)11-6-4-2/h4,6H,3,5,7-12H2,1-2H3. The van der Waals surface area contributed by atoms with Crippen LogP contribution in [0.2, 0.25) is 0 Å². The van der Waals surface area contributed by atoms with Crippen molar-refractivity contribution < 1.29 is 9.53 Å². The van der Waals surface area contributed by atoms with E-state index in [-0.39, 0.29) is 5.97 Å². The summed E-state index contributed by atoms with van der Waals surface area (Å²) in [4.78, 5) is 11.1. The van der Waals surface area contributed by atoms with Crippen LogP contribution in [-0.4, -0.2) is 12.6 Å². The Morgan fingerprint density at radius 3 is 2.47 bits per heavy atom. The molecule has 2 nitrogen and oxygen atoms in total. The summed E-state index contributed by atoms with van der Waals surface area (Å²) in [6.07, 6.45) is 11.5. The third-order valence-electron chi connectivity index (χ3n) is 2.28. The Balaban J connectivity index is 3.13. The van der Waals surface area contributed by atoms with Crippen molar-refractivity contribution in [3.05, 3.63) is 12.2 Å². The van der Waals surface area contributed by atoms with Gasteiger partial charge in [-0.2, -0.15) is 0 Å². The first kappa shape index (κ1) is 14.2. The van der Waals surface area contributed by atoms with E-state index in [0.717, 1.165) is 6.42 Å². The first-order chi connectivity index (χ1) is 7.31. The lowest BCUT2D eigenvalue weighted by Gasteiger charge is -2.02. The number of hydrogen-bond donors (Lipinski definition) is 0. The molecule has 0 saturated heterocycles. The number of esters is 1. The largest absolute Gasteiger partial charge is 0.465 e. The SMILES string of the molecule is CC=CCC(=O)OCCCCCCCC. The second-order valence-electron chi connectivity index (χ2n) is 3.76. The highest BCUT2D eigenvalue weighted by Gasteiger charge is 1.98. The molecule has 0 aliphatic heterocycles. The van der Waals surface area contributed by atoms with Crippen LogP contribution in [0.4, 0.5) is 0 Å². The van der Waals surface area contributed by atoms with Crippen LogP contribution in [0.15, 0.2) is 12.2 Å². The molecule has 0 N–H and O–H groups in total. The zero-order valence-corrected chi connectivity index (χ0v) is 10.1. The van der Waals surface area contributed by atoms with Gasteiger partial charge in [-0.3, -0.25) is 4.79 Å². The third kappa shape index (κ3) is 11.1. The molecule has 2 heteroatoms. The highest BCUT2D eigenvalue weighted by atomic mass is 16.5. The quantitative estimate of drug-likeness (QED) is 0.329. The Hall–Kier alpha value is -0.790. The van der Waals surface area contributed by atoms with Gasteiger partial charge in [0.2, 0.25) is 0 Å². The maximum absolute atomic E-state index is 11.1. The summed E-state index contributed by atoms with van der Waals surface area (Å²) in [5.74, 6) is -0.110. The van der Waals surface area contributed by atoms with E-state index >= 15 is 0 Å². The number of carbonyl (C=O) groups is 1. The molecule has 0 radical (unpaired) electrons. The molecular formula is C13H24O2. The monoisotopic (exact) mass is 212 g/mol. The van der Waals surface area contributed by atoms with Gasteiger partial charge in [-0.05, 0) is 13.3 Å². The van der Waals surface area contributed by atoms with Crippen LogP contribution < -0.4 is 0 Å². The second-order valence-corrected chi connectivity index (χ2v) is 3.76. The summed E-state index contributed by atoms with van der Waals surface area (Å²) < 4.78 is 5.06. The van der Waals surface area contributed by atoms with Crippen molar-refractivity contribution in [2.45, 2.75) is 58.8 Å². The fourth-order valence-electron chi connectivity index (χ4n) is 1.34. The molecule has 0 aromatic carbocycles. The lowest BCUT2D eigenvalue weighted by atomic mass is 10.1. The summed E-state index contributed by atoms with van der Waals surface area (Å²) >= 11 is 0. The lowest BCUT2D eigenvalue weighted by molar-refractivity contribution is -0.142. The number of carbonyl (C=O) groups excluding carboxylic acids is 1. The second kappa shape index (κ2) is 11.3. The molecule has 0 aromatic heterocycles. The molecule has 0 fully saturated rings. The zero-order valence-electron chi connectivity index (χ0n) is 10.1. The molecule has 0 heterocycles. The van der Waals surface area contributed by atoms with E-state index in [9.17, 15) is 4.79 Å². The summed E-state index contributed by atoms with van der Waals surface area (Å²) in [5.41, 5.74) is 0. The molecular weight excluding hydrogens is 188 g/mol. The minimum absolute atomic E-state index is 0.110. The van der Waals surface area contributed by atoms with Gasteiger partial charge in [-0.15, -0.1) is 0 Å². The Kier molecular flexibility index (Phi) is 10.7. The molecule has 0 bridgehead atoms. The van der Waals surface area contributed by atoms with E-state index in [1.54, 1.807) is 0 Å². The first-order valence-corrected chi connectivity index (χ1v) is 6.08. The number of unbranched alkanes of at least 4 members (excludes halogenated alkanes) is 5. The minimum atomic E-state index is -0.110. The fraction of sp³-hybridized carbons (Fsp3) is 0.769. The van der Waals surface area contributed by atoms with Crippen LogP contribution in [0.3, 0.4) is 0 Å². The topological polar surface area (TPSA) is 26.3 Å². The van der Waals surface area contributed by atoms with Gasteiger partial charge in [0, 0.05) is 0 Å². The van der Waals surface area contributed by atoms with Crippen LogP contribution >= 0.6 is 0 Å². The Bertz CT molecular complexity index is 173. The van der Waals surface area contributed by atoms with E-state index < -0.39 is 0 Å². The van der Waals surface area contributed by atoms with Crippen LogP contribution in [0.1, 0.15) is 58.8 Å². The Labute approximate surface area is 93.7 Å². The zero-order chi connectivity index (χ0) is 11.4. The van der Waals surface area contributed by atoms with Crippen molar-refractivity contribution >= 4 is 5.97 Å². The van der Waals surface area contributed by atoms with E-state index in [0.29, 0.717) is 13.0 Å². The van der Waals surface area contributed by atoms with Gasteiger partial charge in [0.25, 0.3) is 0 Å². The van der Waals surface area contributed by atoms with Crippen LogP contribution in [-0.2, 0) is 9.53 Å². The Morgan fingerprint density at radius 1 is 1.13 bits per heavy atom. The first-order valence-electron chi connectivity index (χ1n) is 6.08. The fourth-order valence-corrected chi connectivity index (χ4v) is 1.34. The molecule has 0 spiro atoms. The molecule has 0 rings (SSSR count). The molecule has 0 atom stereocenters. The van der Waals surface area contributed by atoms with Gasteiger partial charge >= 0.3 is 5.97 Å². The van der Waals surface area contributed by atoms with E-state index in [1.807, 2.05) is 19.1 Å². The molecule has 88 valence electrons. The van der Waals surface area contributed by atoms with Crippen molar-refractivity contribution in [2.24, 2.45) is 0 Å². The summed E-state index contributed by atoms with van der Waals surface area (Å²) in [6.45, 7) is 4.70. The van der Waals surface area contributed by atoms with Crippen LogP contribution in [0.5, 0.6) is 0 Å². The lowest BCUT2D eigenvalue weighted by Crippen LogP contribution is -2.04. The maximum Gasteiger partial charge on any atom is 0.309 e. The van der Waals surface area contributed by atoms with Gasteiger partial charge in [-0.1, -0.05) is 51.2 Å². The van der Waals surface area contributed by atoms with Crippen molar-refractivity contribution in [2.75, 3.05) is 6.61 Å². The normalized spacial score (nSPS) is 10.8. The van der Waals surface area contributed by atoms with E-state index in [1.165, 1.54) is 32.1 Å². The number of rotatable bonds is 9. The van der Waals surface area contributed by atoms with Crippen molar-refractivity contribution in [3.8, 4) is 0 Å². The van der Waals surface area contributed by atoms with E-state index in [4.69, 9.17) is 4.74 Å². The van der Waals surface area contributed by atoms with Gasteiger partial charge in [-0.25, -0.2) is 0 Å². The molecule has 0 saturated carbocycles. The highest BCUT2D eigenvalue weighted by Crippen LogP contribution is 2.05. The minimum Gasteiger partial charge on any atom is -0.465 e. The summed E-state index contributed by atoms with van der Waals surface area (Å²) in [6, 6.07) is 0. The third-order valence-corrected chi connectivity index (χ3v) is 2.28. The average molecular weight is 212 g/mol. The predicted octanol–water partition coefficient (Wildman–Crippen LogP) is 3.86. The highest BCUT2D eigenvalue weighted by molar-refractivity contribution is 5.71. The van der Waals surface area contributed by atoms with Gasteiger partial charge in [0.1, 0.15) is 0 Å². The van der Waals surface area contributed by atoms with Gasteiger partial charge < -0.3 is 4.74 Å². The number of allylic oxidation sites excluding steroid dienone is 1. The summed E-state index contributed by atoms with van der Waals surface area (Å²) in [5, 5.41) is 0. The van der Waals surface area contributed by atoms with Crippen molar-refractivity contribution in [1.29, 1.82) is 0 Å². The van der Waals surface area contributed by atoms with Gasteiger partial charge in [0.05, 0.1) is 13.0 Å². The maximum atomic E-state index is 11.1. The van der Waals surface area contributed by atoms with Crippen LogP contribution in [0, 0.1) is 0 Å². The molecule has 15 heavy (non-hydrogen) atoms. The predicted molar refractivity (Wildman–Crippen MR) is 63.8 cm³/mol. The molecule has 0 aliphatic carbocycles. The molecule has 0 aliphatic rings.